The van der Waals surface area contributed by atoms with Gasteiger partial charge >= 0.3 is 0 Å². The van der Waals surface area contributed by atoms with E-state index in [1.807, 2.05) is 0 Å². The molecule has 3 N–H and O–H groups in total. The van der Waals surface area contributed by atoms with E-state index in [4.69, 9.17) is 5.73 Å². The summed E-state index contributed by atoms with van der Waals surface area (Å²) in [6, 6.07) is 0. The van der Waals surface area contributed by atoms with Crippen LogP contribution in [0.25, 0.3) is 0 Å². The van der Waals surface area contributed by atoms with Gasteiger partial charge in [0.1, 0.15) is 0 Å². The van der Waals surface area contributed by atoms with Crippen LogP contribution in [-0.2, 0) is 0 Å². The van der Waals surface area contributed by atoms with Gasteiger partial charge in [0.05, 0.1) is 0 Å². The lowest BCUT2D eigenvalue weighted by Gasteiger charge is -2.43. The third-order valence-electron chi connectivity index (χ3n) is 2.81. The van der Waals surface area contributed by atoms with Crippen LogP contribution in [0.4, 0.5) is 0 Å². The lowest BCUT2D eigenvalue weighted by Crippen LogP contribution is -2.52. The molecule has 2 aliphatic heterocycles. The van der Waals surface area contributed by atoms with E-state index in [9.17, 15) is 0 Å². The molecule has 0 radical (unpaired) electrons. The molecule has 2 bridgehead atoms. The van der Waals surface area contributed by atoms with E-state index < -0.39 is 0 Å². The van der Waals surface area contributed by atoms with Crippen LogP contribution < -0.4 is 11.1 Å². The second-order valence-corrected chi connectivity index (χ2v) is 4.00. The number of rotatable bonds is 1. The van der Waals surface area contributed by atoms with E-state index in [1.165, 1.54) is 19.4 Å². The van der Waals surface area contributed by atoms with Gasteiger partial charge in [-0.2, -0.15) is 0 Å². The SMILES string of the molecule is CC12CNC(CN)(C1)C2. The van der Waals surface area contributed by atoms with Crippen molar-refractivity contribution in [1.29, 1.82) is 0 Å². The Labute approximate surface area is 55.8 Å². The van der Waals surface area contributed by atoms with Crippen LogP contribution >= 0.6 is 0 Å². The van der Waals surface area contributed by atoms with Crippen LogP contribution in [0.1, 0.15) is 19.8 Å². The Hall–Kier alpha value is -0.0800. The number of hydrogen-bond donors (Lipinski definition) is 2. The molecule has 0 amide bonds. The Morgan fingerprint density at radius 3 is 2.44 bits per heavy atom. The van der Waals surface area contributed by atoms with Gasteiger partial charge in [0, 0.05) is 18.6 Å². The van der Waals surface area contributed by atoms with Gasteiger partial charge in [-0.1, -0.05) is 6.92 Å². The van der Waals surface area contributed by atoms with Gasteiger partial charge in [-0.15, -0.1) is 0 Å². The first kappa shape index (κ1) is 5.69. The molecule has 3 fully saturated rings. The quantitative estimate of drug-likeness (QED) is 0.522. The molecule has 9 heavy (non-hydrogen) atoms. The molecule has 0 aromatic rings. The van der Waals surface area contributed by atoms with Gasteiger partial charge in [-0.25, -0.2) is 0 Å². The lowest BCUT2D eigenvalue weighted by atomic mass is 9.63. The molecule has 3 aliphatic rings. The first-order chi connectivity index (χ1) is 4.18. The molecule has 0 spiro atoms. The number of nitrogens with two attached hydrogens (primary N) is 1. The molecule has 2 saturated heterocycles. The highest BCUT2D eigenvalue weighted by atomic mass is 15.1. The summed E-state index contributed by atoms with van der Waals surface area (Å²) in [5.41, 5.74) is 6.58. The highest BCUT2D eigenvalue weighted by molar-refractivity contribution is 5.15. The average molecular weight is 126 g/mol. The topological polar surface area (TPSA) is 38.0 Å². The molecule has 1 saturated carbocycles. The molecule has 1 aliphatic carbocycles. The maximum atomic E-state index is 5.60. The van der Waals surface area contributed by atoms with E-state index in [0.717, 1.165) is 6.54 Å². The van der Waals surface area contributed by atoms with Crippen molar-refractivity contribution in [2.45, 2.75) is 25.3 Å². The van der Waals surface area contributed by atoms with Crippen LogP contribution in [-0.4, -0.2) is 18.6 Å². The Bertz CT molecular complexity index is 136. The minimum atomic E-state index is 0.370. The Kier molecular flexibility index (Phi) is 0.837. The predicted molar refractivity (Wildman–Crippen MR) is 37.1 cm³/mol. The van der Waals surface area contributed by atoms with Gasteiger partial charge in [0.25, 0.3) is 0 Å². The van der Waals surface area contributed by atoms with Crippen LogP contribution in [0.2, 0.25) is 0 Å². The fraction of sp³-hybridized carbons (Fsp3) is 1.00. The Balaban J connectivity index is 2.12. The van der Waals surface area contributed by atoms with E-state index in [0.29, 0.717) is 11.0 Å². The highest BCUT2D eigenvalue weighted by Crippen LogP contribution is 2.52. The summed E-state index contributed by atoms with van der Waals surface area (Å²) < 4.78 is 0. The second kappa shape index (κ2) is 1.32. The zero-order chi connectivity index (χ0) is 6.54. The molecule has 0 aromatic heterocycles. The van der Waals surface area contributed by atoms with Crippen molar-refractivity contribution in [3.8, 4) is 0 Å². The van der Waals surface area contributed by atoms with Crippen molar-refractivity contribution in [1.82, 2.24) is 5.32 Å². The second-order valence-electron chi connectivity index (χ2n) is 4.00. The summed E-state index contributed by atoms with van der Waals surface area (Å²) in [6.07, 6.45) is 2.60. The maximum Gasteiger partial charge on any atom is 0.0315 e. The van der Waals surface area contributed by atoms with E-state index in [1.54, 1.807) is 0 Å². The largest absolute Gasteiger partial charge is 0.329 e. The molecule has 52 valence electrons. The van der Waals surface area contributed by atoms with Crippen LogP contribution in [0.5, 0.6) is 0 Å². The Morgan fingerprint density at radius 2 is 2.22 bits per heavy atom. The van der Waals surface area contributed by atoms with Gasteiger partial charge in [0.15, 0.2) is 0 Å². The maximum absolute atomic E-state index is 5.60. The zero-order valence-corrected chi connectivity index (χ0v) is 5.91. The first-order valence-corrected chi connectivity index (χ1v) is 3.63. The molecule has 3 rings (SSSR count). The van der Waals surface area contributed by atoms with Crippen LogP contribution in [0.3, 0.4) is 0 Å². The fourth-order valence-corrected chi connectivity index (χ4v) is 2.45. The molecule has 0 atom stereocenters. The van der Waals surface area contributed by atoms with Crippen molar-refractivity contribution >= 4 is 0 Å². The lowest BCUT2D eigenvalue weighted by molar-refractivity contribution is 0.139. The standard InChI is InChI=1S/C7H14N2/c1-6-2-7(3-6,4-8)9-5-6/h9H,2-5,8H2,1H3. The number of fused-ring (bicyclic) bond motifs is 1. The predicted octanol–water partition coefficient (Wildman–Crippen LogP) is 0.0872. The monoisotopic (exact) mass is 126 g/mol. The van der Waals surface area contributed by atoms with Gasteiger partial charge in [-0.05, 0) is 18.3 Å². The first-order valence-electron chi connectivity index (χ1n) is 3.63. The molecule has 2 nitrogen and oxygen atoms in total. The molecule has 0 aromatic carbocycles. The van der Waals surface area contributed by atoms with Crippen molar-refractivity contribution < 1.29 is 0 Å². The zero-order valence-electron chi connectivity index (χ0n) is 5.91. The van der Waals surface area contributed by atoms with Gasteiger partial charge in [0.2, 0.25) is 0 Å². The average Bonchev–Trinajstić information content (AvgIpc) is 2.20. The highest BCUT2D eigenvalue weighted by Gasteiger charge is 2.56. The van der Waals surface area contributed by atoms with E-state index in [2.05, 4.69) is 12.2 Å². The normalized spacial score (nSPS) is 55.3. The van der Waals surface area contributed by atoms with E-state index >= 15 is 0 Å². The van der Waals surface area contributed by atoms with Crippen molar-refractivity contribution in [3.63, 3.8) is 0 Å². The van der Waals surface area contributed by atoms with Gasteiger partial charge < -0.3 is 11.1 Å². The van der Waals surface area contributed by atoms with Crippen LogP contribution in [0.15, 0.2) is 0 Å². The number of hydrogen-bond acceptors (Lipinski definition) is 2. The molecule has 2 heteroatoms. The molecular weight excluding hydrogens is 112 g/mol. The minimum absolute atomic E-state index is 0.370. The Morgan fingerprint density at radius 1 is 1.56 bits per heavy atom. The minimum Gasteiger partial charge on any atom is -0.329 e. The van der Waals surface area contributed by atoms with Crippen LogP contribution in [0, 0.1) is 5.41 Å². The summed E-state index contributed by atoms with van der Waals surface area (Å²) in [5, 5.41) is 3.47. The summed E-state index contributed by atoms with van der Waals surface area (Å²) in [4.78, 5) is 0. The third kappa shape index (κ3) is 0.578. The number of nitrogens with one attached hydrogen (secondary N) is 1. The van der Waals surface area contributed by atoms with Gasteiger partial charge in [-0.3, -0.25) is 0 Å². The van der Waals surface area contributed by atoms with Crippen molar-refractivity contribution in [2.75, 3.05) is 13.1 Å². The summed E-state index contributed by atoms with van der Waals surface area (Å²) in [7, 11) is 0. The molecule has 0 unspecified atom stereocenters. The van der Waals surface area contributed by atoms with Crippen molar-refractivity contribution in [3.05, 3.63) is 0 Å². The summed E-state index contributed by atoms with van der Waals surface area (Å²) in [6.45, 7) is 4.34. The van der Waals surface area contributed by atoms with Crippen molar-refractivity contribution in [2.24, 2.45) is 11.1 Å². The summed E-state index contributed by atoms with van der Waals surface area (Å²) >= 11 is 0. The smallest absolute Gasteiger partial charge is 0.0315 e. The molecular formula is C7H14N2. The fourth-order valence-electron chi connectivity index (χ4n) is 2.45. The molecule has 2 heterocycles. The summed E-state index contributed by atoms with van der Waals surface area (Å²) in [5.74, 6) is 0. The van der Waals surface area contributed by atoms with E-state index in [-0.39, 0.29) is 0 Å². The third-order valence-corrected chi connectivity index (χ3v) is 2.81.